The van der Waals surface area contributed by atoms with Crippen molar-refractivity contribution in [2.24, 2.45) is 5.92 Å². The van der Waals surface area contributed by atoms with Gasteiger partial charge in [0.2, 0.25) is 0 Å². The zero-order valence-electron chi connectivity index (χ0n) is 21.4. The van der Waals surface area contributed by atoms with E-state index < -0.39 is 9.84 Å². The van der Waals surface area contributed by atoms with Gasteiger partial charge >= 0.3 is 0 Å². The number of pyridine rings is 1. The predicted octanol–water partition coefficient (Wildman–Crippen LogP) is 4.67. The lowest BCUT2D eigenvalue weighted by Crippen LogP contribution is -2.53. The molecule has 188 valence electrons. The van der Waals surface area contributed by atoms with Gasteiger partial charge in [-0.1, -0.05) is 26.0 Å². The molecular formula is C28H38N4O2S. The number of imidazole rings is 1. The van der Waals surface area contributed by atoms with Gasteiger partial charge in [-0.05, 0) is 93.9 Å². The Morgan fingerprint density at radius 2 is 1.77 bits per heavy atom. The largest absolute Gasteiger partial charge is 0.317 e. The lowest BCUT2D eigenvalue weighted by Gasteiger charge is -2.47. The molecule has 2 saturated heterocycles. The van der Waals surface area contributed by atoms with Crippen molar-refractivity contribution >= 4 is 15.5 Å². The van der Waals surface area contributed by atoms with Gasteiger partial charge in [-0.15, -0.1) is 0 Å². The van der Waals surface area contributed by atoms with Crippen LogP contribution in [0.1, 0.15) is 56.7 Å². The van der Waals surface area contributed by atoms with Crippen LogP contribution >= 0.6 is 0 Å². The maximum Gasteiger partial charge on any atom is 0.175 e. The van der Waals surface area contributed by atoms with Crippen LogP contribution in [0.2, 0.25) is 0 Å². The van der Waals surface area contributed by atoms with Gasteiger partial charge in [0.25, 0.3) is 0 Å². The van der Waals surface area contributed by atoms with Crippen molar-refractivity contribution in [3.63, 3.8) is 0 Å². The Hall–Kier alpha value is -2.22. The van der Waals surface area contributed by atoms with Gasteiger partial charge in [0.1, 0.15) is 5.65 Å². The van der Waals surface area contributed by atoms with Crippen LogP contribution in [0.4, 0.5) is 0 Å². The van der Waals surface area contributed by atoms with Gasteiger partial charge in [0.05, 0.1) is 10.6 Å². The summed E-state index contributed by atoms with van der Waals surface area (Å²) in [5.74, 6) is 1.20. The summed E-state index contributed by atoms with van der Waals surface area (Å²) >= 11 is 0. The molecule has 3 aromatic rings. The number of nitrogens with zero attached hydrogens (tertiary/aromatic N) is 3. The summed E-state index contributed by atoms with van der Waals surface area (Å²) in [6, 6.07) is 13.0. The van der Waals surface area contributed by atoms with E-state index in [1.807, 2.05) is 12.1 Å². The fourth-order valence-electron chi connectivity index (χ4n) is 6.09. The average Bonchev–Trinajstić information content (AvgIpc) is 3.29. The molecule has 1 N–H and O–H groups in total. The van der Waals surface area contributed by atoms with Gasteiger partial charge < -0.3 is 9.72 Å². The molecule has 0 radical (unpaired) electrons. The molecule has 1 aromatic carbocycles. The summed E-state index contributed by atoms with van der Waals surface area (Å²) in [4.78, 5) is 8.08. The van der Waals surface area contributed by atoms with E-state index in [1.165, 1.54) is 49.7 Å². The summed E-state index contributed by atoms with van der Waals surface area (Å²) in [5.41, 5.74) is 5.34. The van der Waals surface area contributed by atoms with Gasteiger partial charge in [0, 0.05) is 35.8 Å². The fraction of sp³-hybridized carbons (Fsp3) is 0.536. The van der Waals surface area contributed by atoms with Crippen molar-refractivity contribution in [3.05, 3.63) is 53.9 Å². The molecule has 1 unspecified atom stereocenters. The lowest BCUT2D eigenvalue weighted by molar-refractivity contribution is 0.0431. The van der Waals surface area contributed by atoms with Gasteiger partial charge in [-0.2, -0.15) is 0 Å². The SMILES string of the molecule is Cc1cc(C2CCN(C3CCNCC3)[C@@H](C(C)C)C2)cc2nc(-c3ccc(S(C)(=O)=O)cc3)cn12. The standard InChI is InChI=1S/C28H38N4O2S/c1-19(2)27-16-22(11-14-31(27)24-9-12-29-13-10-24)23-15-20(3)32-18-26(30-28(32)17-23)21-5-7-25(8-6-21)35(4,33)34/h5-8,15,17-19,22,24,27,29H,9-14,16H2,1-4H3/t22?,27-/m1/s1. The maximum atomic E-state index is 11.8. The molecule has 35 heavy (non-hydrogen) atoms. The monoisotopic (exact) mass is 494 g/mol. The molecule has 4 heterocycles. The molecule has 7 heteroatoms. The molecule has 0 saturated carbocycles. The number of aryl methyl sites for hydroxylation is 1. The second kappa shape index (κ2) is 9.68. The summed E-state index contributed by atoms with van der Waals surface area (Å²) < 4.78 is 25.8. The van der Waals surface area contributed by atoms with Crippen LogP contribution in [0.3, 0.4) is 0 Å². The van der Waals surface area contributed by atoms with E-state index in [0.29, 0.717) is 22.8 Å². The number of hydrogen-bond donors (Lipinski definition) is 1. The van der Waals surface area contributed by atoms with Crippen molar-refractivity contribution in [3.8, 4) is 11.3 Å². The summed E-state index contributed by atoms with van der Waals surface area (Å²) in [6.07, 6.45) is 8.22. The third kappa shape index (κ3) is 5.04. The molecule has 0 spiro atoms. The van der Waals surface area contributed by atoms with E-state index in [0.717, 1.165) is 36.0 Å². The molecule has 6 nitrogen and oxygen atoms in total. The first-order chi connectivity index (χ1) is 16.7. The number of likely N-dealkylation sites (tertiary alicyclic amines) is 1. The van der Waals surface area contributed by atoms with Gasteiger partial charge in [-0.3, -0.25) is 4.90 Å². The number of piperidine rings is 2. The molecule has 2 atom stereocenters. The molecule has 2 aromatic heterocycles. The second-order valence-corrected chi connectivity index (χ2v) is 12.8. The third-order valence-electron chi connectivity index (χ3n) is 8.07. The minimum Gasteiger partial charge on any atom is -0.317 e. The Morgan fingerprint density at radius 1 is 1.06 bits per heavy atom. The highest BCUT2D eigenvalue weighted by Crippen LogP contribution is 2.37. The van der Waals surface area contributed by atoms with Crippen LogP contribution in [-0.2, 0) is 9.84 Å². The van der Waals surface area contributed by atoms with E-state index in [4.69, 9.17) is 4.98 Å². The Labute approximate surface area is 209 Å². The number of rotatable bonds is 5. The Kier molecular flexibility index (Phi) is 6.77. The molecule has 2 aliphatic rings. The lowest BCUT2D eigenvalue weighted by atomic mass is 9.80. The van der Waals surface area contributed by atoms with E-state index in [1.54, 1.807) is 12.1 Å². The van der Waals surface area contributed by atoms with Crippen molar-refractivity contribution in [1.82, 2.24) is 19.6 Å². The summed E-state index contributed by atoms with van der Waals surface area (Å²) in [6.45, 7) is 10.4. The number of fused-ring (bicyclic) bond motifs is 1. The quantitative estimate of drug-likeness (QED) is 0.558. The molecule has 2 aliphatic heterocycles. The first kappa shape index (κ1) is 24.5. The topological polar surface area (TPSA) is 66.7 Å². The molecule has 5 rings (SSSR count). The fourth-order valence-corrected chi connectivity index (χ4v) is 6.72. The Bertz CT molecular complexity index is 1290. The zero-order valence-corrected chi connectivity index (χ0v) is 22.2. The maximum absolute atomic E-state index is 11.8. The van der Waals surface area contributed by atoms with Crippen molar-refractivity contribution in [2.75, 3.05) is 25.9 Å². The van der Waals surface area contributed by atoms with Crippen molar-refractivity contribution in [2.45, 2.75) is 69.4 Å². The summed E-state index contributed by atoms with van der Waals surface area (Å²) in [7, 11) is -3.21. The van der Waals surface area contributed by atoms with Gasteiger partial charge in [-0.25, -0.2) is 13.4 Å². The van der Waals surface area contributed by atoms with Gasteiger partial charge in [0.15, 0.2) is 9.84 Å². The number of benzene rings is 1. The Balaban J connectivity index is 1.40. The van der Waals surface area contributed by atoms with Crippen LogP contribution < -0.4 is 5.32 Å². The third-order valence-corrected chi connectivity index (χ3v) is 9.20. The van der Waals surface area contributed by atoms with E-state index >= 15 is 0 Å². The molecule has 0 bridgehead atoms. The summed E-state index contributed by atoms with van der Waals surface area (Å²) in [5, 5.41) is 3.52. The smallest absolute Gasteiger partial charge is 0.175 e. The predicted molar refractivity (Wildman–Crippen MR) is 142 cm³/mol. The number of aromatic nitrogens is 2. The molecule has 0 amide bonds. The molecule has 0 aliphatic carbocycles. The second-order valence-electron chi connectivity index (χ2n) is 10.8. The van der Waals surface area contributed by atoms with E-state index in [-0.39, 0.29) is 0 Å². The molecule has 2 fully saturated rings. The van der Waals surface area contributed by atoms with Crippen LogP contribution in [0, 0.1) is 12.8 Å². The van der Waals surface area contributed by atoms with Crippen LogP contribution in [0.5, 0.6) is 0 Å². The first-order valence-electron chi connectivity index (χ1n) is 13.0. The van der Waals surface area contributed by atoms with Crippen LogP contribution in [0.15, 0.2) is 47.5 Å². The average molecular weight is 495 g/mol. The number of hydrogen-bond acceptors (Lipinski definition) is 5. The minimum absolute atomic E-state index is 0.332. The highest BCUT2D eigenvalue weighted by atomic mass is 32.2. The van der Waals surface area contributed by atoms with Crippen molar-refractivity contribution in [1.29, 1.82) is 0 Å². The van der Waals surface area contributed by atoms with Crippen molar-refractivity contribution < 1.29 is 8.42 Å². The van der Waals surface area contributed by atoms with Crippen LogP contribution in [0.25, 0.3) is 16.9 Å². The number of sulfone groups is 1. The highest BCUT2D eigenvalue weighted by Gasteiger charge is 2.35. The van der Waals surface area contributed by atoms with E-state index in [2.05, 4.69) is 53.7 Å². The number of nitrogens with one attached hydrogen (secondary N) is 1. The van der Waals surface area contributed by atoms with Crippen LogP contribution in [-0.4, -0.2) is 60.7 Å². The first-order valence-corrected chi connectivity index (χ1v) is 14.9. The molecular weight excluding hydrogens is 456 g/mol. The Morgan fingerprint density at radius 3 is 2.43 bits per heavy atom. The zero-order chi connectivity index (χ0) is 24.7. The normalized spacial score (nSPS) is 22.8. The highest BCUT2D eigenvalue weighted by molar-refractivity contribution is 7.90. The minimum atomic E-state index is -3.21. The van der Waals surface area contributed by atoms with E-state index in [9.17, 15) is 8.42 Å².